The quantitative estimate of drug-likeness (QED) is 0.398. The Kier molecular flexibility index (Phi) is 1.33. The first-order chi connectivity index (χ1) is 1.73. The molecule has 0 bridgehead atoms. The first-order valence-electron chi connectivity index (χ1n) is 1.50. The molecule has 0 N–H and O–H groups in total. The summed E-state index contributed by atoms with van der Waals surface area (Å²) in [4.78, 5) is 0. The average Bonchev–Trinajstić information content (AvgIpc) is 0.811. The maximum absolute atomic E-state index is 2.08. The van der Waals surface area contributed by atoms with Crippen LogP contribution in [0.1, 0.15) is 22.2 Å². The van der Waals surface area contributed by atoms with Crippen LogP contribution in [0.15, 0.2) is 0 Å². The van der Waals surface area contributed by atoms with Crippen molar-refractivity contribution in [3.05, 3.63) is 5.92 Å². The molecule has 0 heteroatoms. The lowest BCUT2D eigenvalue weighted by Gasteiger charge is -1.78. The van der Waals surface area contributed by atoms with Crippen LogP contribution in [0.5, 0.6) is 0 Å². The molecule has 0 saturated carbocycles. The maximum Gasteiger partial charge on any atom is 1.00 e. The molecule has 0 spiro atoms. The minimum atomic E-state index is 0. The van der Waals surface area contributed by atoms with Gasteiger partial charge in [-0.15, -0.1) is 0 Å². The van der Waals surface area contributed by atoms with Gasteiger partial charge in [0, 0.05) is 0 Å². The highest BCUT2D eigenvalue weighted by molar-refractivity contribution is 4.64. The minimum Gasteiger partial charge on any atom is -0.0597 e. The van der Waals surface area contributed by atoms with Crippen LogP contribution in [0.3, 0.4) is 0 Å². The summed E-state index contributed by atoms with van der Waals surface area (Å²) in [5.41, 5.74) is 0. The average molecular weight is 58.1 g/mol. The van der Waals surface area contributed by atoms with Crippen LogP contribution in [0, 0.1) is 5.92 Å². The van der Waals surface area contributed by atoms with E-state index < -0.39 is 0 Å². The Morgan fingerprint density at radius 1 is 1.25 bits per heavy atom. The number of hydrogen-bond donors (Lipinski definition) is 0. The summed E-state index contributed by atoms with van der Waals surface area (Å²) in [5.74, 6) is 1.42. The molecule has 25 valence electrons. The van der Waals surface area contributed by atoms with Gasteiger partial charge in [-0.1, -0.05) is 20.8 Å². The molecule has 0 aliphatic heterocycles. The fraction of sp³-hybridized carbons (Fsp3) is 0.750. The molecule has 0 rings (SSSR count). The lowest BCUT2D eigenvalue weighted by molar-refractivity contribution is 1.10. The molecule has 0 saturated heterocycles. The van der Waals surface area contributed by atoms with Gasteiger partial charge in [0.25, 0.3) is 0 Å². The zero-order valence-electron chi connectivity index (χ0n) is 4.50. The van der Waals surface area contributed by atoms with Crippen LogP contribution in [0.2, 0.25) is 0 Å². The molecule has 4 heavy (non-hydrogen) atoms. The first-order valence-corrected chi connectivity index (χ1v) is 1.50. The van der Waals surface area contributed by atoms with Crippen LogP contribution < -0.4 is 0 Å². The van der Waals surface area contributed by atoms with E-state index >= 15 is 0 Å². The van der Waals surface area contributed by atoms with E-state index in [1.807, 2.05) is 0 Å². The van der Waals surface area contributed by atoms with E-state index in [0.717, 1.165) is 0 Å². The molecule has 0 fully saturated rings. The smallest absolute Gasteiger partial charge is 0.0597 e. The standard InChI is InChI=1S/C4H9/c1-4(2)3/h1-3H3/p+1. The summed E-state index contributed by atoms with van der Waals surface area (Å²) >= 11 is 0. The Hall–Kier alpha value is 0. The fourth-order valence-electron chi connectivity index (χ4n) is 0. The van der Waals surface area contributed by atoms with E-state index in [4.69, 9.17) is 0 Å². The summed E-state index contributed by atoms with van der Waals surface area (Å²) in [7, 11) is 0. The van der Waals surface area contributed by atoms with E-state index in [2.05, 4.69) is 20.8 Å². The van der Waals surface area contributed by atoms with Gasteiger partial charge in [-0.05, 0) is 5.92 Å². The third-order valence-corrected chi connectivity index (χ3v) is 0. The molecule has 0 amide bonds. The second-order valence-electron chi connectivity index (χ2n) is 1.50. The minimum absolute atomic E-state index is 0. The molecular formula is C4H10+. The largest absolute Gasteiger partial charge is 1.00 e. The van der Waals surface area contributed by atoms with Crippen molar-refractivity contribution in [1.82, 2.24) is 0 Å². The lowest BCUT2D eigenvalue weighted by Crippen LogP contribution is -1.62. The van der Waals surface area contributed by atoms with Gasteiger partial charge in [0.2, 0.25) is 0 Å². The van der Waals surface area contributed by atoms with Crippen molar-refractivity contribution >= 4 is 0 Å². The summed E-state index contributed by atoms with van der Waals surface area (Å²) in [6.45, 7) is 6.25. The SMILES string of the molecule is C[C](C)C.[H+]. The highest BCUT2D eigenvalue weighted by Crippen LogP contribution is 1.85. The molecule has 0 aliphatic carbocycles. The van der Waals surface area contributed by atoms with Crippen LogP contribution >= 0.6 is 0 Å². The normalized spacial score (nSPS) is 9.00. The van der Waals surface area contributed by atoms with Gasteiger partial charge < -0.3 is 0 Å². The van der Waals surface area contributed by atoms with Gasteiger partial charge in [0.15, 0.2) is 0 Å². The van der Waals surface area contributed by atoms with Gasteiger partial charge in [0.05, 0.1) is 0 Å². The maximum atomic E-state index is 2.08. The third-order valence-electron chi connectivity index (χ3n) is 0. The Morgan fingerprint density at radius 2 is 1.25 bits per heavy atom. The highest BCUT2D eigenvalue weighted by atomic mass is 13.7. The highest BCUT2D eigenvalue weighted by Gasteiger charge is 1.69. The molecule has 0 heterocycles. The van der Waals surface area contributed by atoms with Crippen molar-refractivity contribution in [3.63, 3.8) is 0 Å². The van der Waals surface area contributed by atoms with Crippen LogP contribution in [-0.4, -0.2) is 0 Å². The molecular weight excluding hydrogens is 48.0 g/mol. The van der Waals surface area contributed by atoms with Gasteiger partial charge in [-0.2, -0.15) is 0 Å². The summed E-state index contributed by atoms with van der Waals surface area (Å²) < 4.78 is 0. The van der Waals surface area contributed by atoms with E-state index in [1.54, 1.807) is 0 Å². The fourth-order valence-corrected chi connectivity index (χ4v) is 0. The van der Waals surface area contributed by atoms with E-state index in [-0.39, 0.29) is 1.43 Å². The second-order valence-corrected chi connectivity index (χ2v) is 1.50. The molecule has 0 nitrogen and oxygen atoms in total. The molecule has 0 unspecified atom stereocenters. The number of rotatable bonds is 0. The van der Waals surface area contributed by atoms with Crippen LogP contribution in [0.25, 0.3) is 0 Å². The Morgan fingerprint density at radius 3 is 1.25 bits per heavy atom. The van der Waals surface area contributed by atoms with Crippen LogP contribution in [0.4, 0.5) is 0 Å². The summed E-state index contributed by atoms with van der Waals surface area (Å²) in [6.07, 6.45) is 0. The molecule has 0 aromatic rings. The van der Waals surface area contributed by atoms with Crippen molar-refractivity contribution in [1.29, 1.82) is 0 Å². The Labute approximate surface area is 29.3 Å². The number of hydrogen-bond acceptors (Lipinski definition) is 0. The summed E-state index contributed by atoms with van der Waals surface area (Å²) in [5, 5.41) is 0. The molecule has 1 radical (unpaired) electrons. The summed E-state index contributed by atoms with van der Waals surface area (Å²) in [6, 6.07) is 0. The zero-order chi connectivity index (χ0) is 3.58. The third kappa shape index (κ3) is 0. The Balaban J connectivity index is 0. The van der Waals surface area contributed by atoms with Gasteiger partial charge in [-0.25, -0.2) is 0 Å². The molecule has 0 aromatic heterocycles. The molecule has 0 atom stereocenters. The van der Waals surface area contributed by atoms with E-state index in [9.17, 15) is 0 Å². The van der Waals surface area contributed by atoms with E-state index in [0.29, 0.717) is 0 Å². The topological polar surface area (TPSA) is 0 Å². The van der Waals surface area contributed by atoms with Crippen molar-refractivity contribution in [3.8, 4) is 0 Å². The lowest BCUT2D eigenvalue weighted by atomic mass is 10.3. The molecule has 0 aliphatic rings. The van der Waals surface area contributed by atoms with Gasteiger partial charge in [-0.3, -0.25) is 0 Å². The van der Waals surface area contributed by atoms with Gasteiger partial charge >= 0.3 is 1.43 Å². The van der Waals surface area contributed by atoms with Crippen molar-refractivity contribution in [2.24, 2.45) is 0 Å². The monoisotopic (exact) mass is 58.1 g/mol. The Bertz CT molecular complexity index is 8.36. The predicted molar refractivity (Wildman–Crippen MR) is 21.4 cm³/mol. The van der Waals surface area contributed by atoms with E-state index in [1.165, 1.54) is 5.92 Å². The van der Waals surface area contributed by atoms with Crippen LogP contribution in [-0.2, 0) is 0 Å². The zero-order valence-corrected chi connectivity index (χ0v) is 3.50. The predicted octanol–water partition coefficient (Wildman–Crippen LogP) is 1.73. The van der Waals surface area contributed by atoms with Crippen molar-refractivity contribution in [2.45, 2.75) is 20.8 Å². The van der Waals surface area contributed by atoms with Crippen molar-refractivity contribution in [2.75, 3.05) is 0 Å². The van der Waals surface area contributed by atoms with Crippen molar-refractivity contribution < 1.29 is 1.43 Å². The second kappa shape index (κ2) is 1.33. The van der Waals surface area contributed by atoms with Gasteiger partial charge in [0.1, 0.15) is 0 Å². The first kappa shape index (κ1) is 4.00. The molecule has 0 aromatic carbocycles.